The van der Waals surface area contributed by atoms with Gasteiger partial charge in [0, 0.05) is 11.1 Å². The number of halogens is 3. The molecule has 90 valence electrons. The predicted molar refractivity (Wildman–Crippen MR) is 71.5 cm³/mol. The smallest absolute Gasteiger partial charge is 0.175 e. The van der Waals surface area contributed by atoms with Crippen molar-refractivity contribution in [2.45, 2.75) is 0 Å². The van der Waals surface area contributed by atoms with E-state index in [1.807, 2.05) is 6.07 Å². The lowest BCUT2D eigenvalue weighted by Crippen LogP contribution is -1.97. The summed E-state index contributed by atoms with van der Waals surface area (Å²) < 4.78 is 0. The van der Waals surface area contributed by atoms with Crippen molar-refractivity contribution < 1.29 is 0 Å². The van der Waals surface area contributed by atoms with E-state index in [0.717, 1.165) is 0 Å². The maximum atomic E-state index is 8.99. The summed E-state index contributed by atoms with van der Waals surface area (Å²) in [6, 6.07) is 8.41. The van der Waals surface area contributed by atoms with Gasteiger partial charge in [0.1, 0.15) is 6.07 Å². The second kappa shape index (κ2) is 5.40. The van der Waals surface area contributed by atoms with Gasteiger partial charge in [-0.15, -0.1) is 10.2 Å². The van der Waals surface area contributed by atoms with Crippen LogP contribution in [0.5, 0.6) is 0 Å². The molecule has 1 aromatic carbocycles. The van der Waals surface area contributed by atoms with Crippen molar-refractivity contribution in [3.63, 3.8) is 0 Å². The van der Waals surface area contributed by atoms with Crippen molar-refractivity contribution in [1.29, 1.82) is 5.26 Å². The predicted octanol–water partition coefficient (Wildman–Crippen LogP) is 4.05. The molecule has 0 saturated heterocycles. The standard InChI is InChI=1S/C11H5Cl3N4/c12-7-2-1-6(5-15)8(3-7)16-9-4-10(13)17-18-11(9)14/h1-4H,(H,16,17). The van der Waals surface area contributed by atoms with E-state index in [-0.39, 0.29) is 10.3 Å². The highest BCUT2D eigenvalue weighted by atomic mass is 35.5. The molecule has 0 fully saturated rings. The third kappa shape index (κ3) is 2.82. The van der Waals surface area contributed by atoms with Crippen molar-refractivity contribution in [3.8, 4) is 6.07 Å². The number of anilines is 2. The molecule has 0 aliphatic rings. The molecule has 1 heterocycles. The van der Waals surface area contributed by atoms with Gasteiger partial charge in [0.25, 0.3) is 0 Å². The quantitative estimate of drug-likeness (QED) is 0.908. The summed E-state index contributed by atoms with van der Waals surface area (Å²) in [5, 5.41) is 20.0. The Morgan fingerprint density at radius 3 is 2.56 bits per heavy atom. The summed E-state index contributed by atoms with van der Waals surface area (Å²) in [5.41, 5.74) is 1.41. The first-order chi connectivity index (χ1) is 8.60. The highest BCUT2D eigenvalue weighted by Gasteiger charge is 2.08. The zero-order valence-electron chi connectivity index (χ0n) is 8.78. The fourth-order valence-corrected chi connectivity index (χ4v) is 1.76. The lowest BCUT2D eigenvalue weighted by atomic mass is 10.2. The molecule has 0 radical (unpaired) electrons. The fraction of sp³-hybridized carbons (Fsp3) is 0. The SMILES string of the molecule is N#Cc1ccc(Cl)cc1Nc1cc(Cl)nnc1Cl. The number of nitrogens with one attached hydrogen (secondary N) is 1. The average Bonchev–Trinajstić information content (AvgIpc) is 2.34. The van der Waals surface area contributed by atoms with Gasteiger partial charge in [0.05, 0.1) is 16.9 Å². The van der Waals surface area contributed by atoms with Crippen LogP contribution >= 0.6 is 34.8 Å². The number of hydrogen-bond donors (Lipinski definition) is 1. The highest BCUT2D eigenvalue weighted by Crippen LogP contribution is 2.28. The maximum Gasteiger partial charge on any atom is 0.175 e. The summed E-state index contributed by atoms with van der Waals surface area (Å²) >= 11 is 17.5. The van der Waals surface area contributed by atoms with Crippen LogP contribution in [0, 0.1) is 11.3 Å². The minimum atomic E-state index is 0.156. The van der Waals surface area contributed by atoms with Gasteiger partial charge in [-0.1, -0.05) is 34.8 Å². The molecule has 0 amide bonds. The number of benzene rings is 1. The van der Waals surface area contributed by atoms with Gasteiger partial charge in [-0.2, -0.15) is 5.26 Å². The lowest BCUT2D eigenvalue weighted by Gasteiger charge is -2.09. The van der Waals surface area contributed by atoms with Crippen LogP contribution in [0.3, 0.4) is 0 Å². The molecule has 0 aliphatic carbocycles. The molecule has 0 unspecified atom stereocenters. The lowest BCUT2D eigenvalue weighted by molar-refractivity contribution is 1.03. The monoisotopic (exact) mass is 298 g/mol. The number of aromatic nitrogens is 2. The number of nitrogens with zero attached hydrogens (tertiary/aromatic N) is 3. The van der Waals surface area contributed by atoms with Gasteiger partial charge in [-0.25, -0.2) is 0 Å². The average molecular weight is 300 g/mol. The Bertz CT molecular complexity index is 637. The summed E-state index contributed by atoms with van der Waals surface area (Å²) in [6.07, 6.45) is 0. The molecular formula is C11H5Cl3N4. The first-order valence-corrected chi connectivity index (χ1v) is 5.89. The van der Waals surface area contributed by atoms with E-state index in [4.69, 9.17) is 40.1 Å². The summed E-state index contributed by atoms with van der Waals surface area (Å²) in [6.45, 7) is 0. The van der Waals surface area contributed by atoms with Gasteiger partial charge in [-0.3, -0.25) is 0 Å². The van der Waals surface area contributed by atoms with Gasteiger partial charge in [0.2, 0.25) is 0 Å². The second-order valence-electron chi connectivity index (χ2n) is 3.30. The second-order valence-corrected chi connectivity index (χ2v) is 4.48. The Hall–Kier alpha value is -1.54. The van der Waals surface area contributed by atoms with Crippen molar-refractivity contribution in [2.24, 2.45) is 0 Å². The van der Waals surface area contributed by atoms with Crippen LogP contribution in [-0.4, -0.2) is 10.2 Å². The number of hydrogen-bond acceptors (Lipinski definition) is 4. The van der Waals surface area contributed by atoms with Crippen LogP contribution in [0.1, 0.15) is 5.56 Å². The van der Waals surface area contributed by atoms with E-state index in [9.17, 15) is 0 Å². The van der Waals surface area contributed by atoms with Crippen LogP contribution in [0.15, 0.2) is 24.3 Å². The van der Waals surface area contributed by atoms with Gasteiger partial charge in [-0.05, 0) is 18.2 Å². The van der Waals surface area contributed by atoms with Crippen LogP contribution in [-0.2, 0) is 0 Å². The van der Waals surface area contributed by atoms with E-state index in [2.05, 4.69) is 15.5 Å². The van der Waals surface area contributed by atoms with Crippen molar-refractivity contribution >= 4 is 46.2 Å². The van der Waals surface area contributed by atoms with E-state index in [0.29, 0.717) is 22.0 Å². The molecule has 7 heteroatoms. The Labute approximate surface area is 118 Å². The molecule has 18 heavy (non-hydrogen) atoms. The zero-order chi connectivity index (χ0) is 13.1. The van der Waals surface area contributed by atoms with Crippen LogP contribution in [0.4, 0.5) is 11.4 Å². The van der Waals surface area contributed by atoms with E-state index >= 15 is 0 Å². The van der Waals surface area contributed by atoms with Crippen molar-refractivity contribution in [2.75, 3.05) is 5.32 Å². The van der Waals surface area contributed by atoms with E-state index in [1.54, 1.807) is 18.2 Å². The van der Waals surface area contributed by atoms with E-state index in [1.165, 1.54) is 6.07 Å². The highest BCUT2D eigenvalue weighted by molar-refractivity contribution is 6.33. The van der Waals surface area contributed by atoms with Gasteiger partial charge in [0.15, 0.2) is 10.3 Å². The normalized spacial score (nSPS) is 9.89. The van der Waals surface area contributed by atoms with Crippen molar-refractivity contribution in [3.05, 3.63) is 45.2 Å². The molecule has 0 saturated carbocycles. The minimum absolute atomic E-state index is 0.156. The largest absolute Gasteiger partial charge is 0.352 e. The molecule has 0 bridgehead atoms. The summed E-state index contributed by atoms with van der Waals surface area (Å²) in [4.78, 5) is 0. The molecule has 1 aromatic heterocycles. The third-order valence-electron chi connectivity index (χ3n) is 2.09. The summed E-state index contributed by atoms with van der Waals surface area (Å²) in [5.74, 6) is 0. The van der Waals surface area contributed by atoms with E-state index < -0.39 is 0 Å². The first kappa shape index (κ1) is 12.9. The third-order valence-corrected chi connectivity index (χ3v) is 2.79. The Balaban J connectivity index is 2.43. The van der Waals surface area contributed by atoms with Crippen LogP contribution in [0.2, 0.25) is 15.3 Å². The molecule has 1 N–H and O–H groups in total. The van der Waals surface area contributed by atoms with Crippen LogP contribution in [0.25, 0.3) is 0 Å². The molecule has 0 aliphatic heterocycles. The van der Waals surface area contributed by atoms with Crippen molar-refractivity contribution in [1.82, 2.24) is 10.2 Å². The molecule has 2 aromatic rings. The van der Waals surface area contributed by atoms with Gasteiger partial charge >= 0.3 is 0 Å². The fourth-order valence-electron chi connectivity index (χ4n) is 1.30. The Morgan fingerprint density at radius 1 is 1.06 bits per heavy atom. The number of rotatable bonds is 2. The first-order valence-electron chi connectivity index (χ1n) is 4.75. The Morgan fingerprint density at radius 2 is 1.83 bits per heavy atom. The van der Waals surface area contributed by atoms with Crippen LogP contribution < -0.4 is 5.32 Å². The molecule has 0 spiro atoms. The molecule has 0 atom stereocenters. The topological polar surface area (TPSA) is 61.6 Å². The molecule has 2 rings (SSSR count). The molecular weight excluding hydrogens is 295 g/mol. The Kier molecular flexibility index (Phi) is 3.87. The maximum absolute atomic E-state index is 8.99. The minimum Gasteiger partial charge on any atom is -0.352 e. The zero-order valence-corrected chi connectivity index (χ0v) is 11.1. The summed E-state index contributed by atoms with van der Waals surface area (Å²) in [7, 11) is 0. The molecule has 4 nitrogen and oxygen atoms in total. The number of nitriles is 1. The van der Waals surface area contributed by atoms with Gasteiger partial charge < -0.3 is 5.32 Å².